The Morgan fingerprint density at radius 1 is 1.35 bits per heavy atom. The van der Waals surface area contributed by atoms with Gasteiger partial charge in [0.2, 0.25) is 0 Å². The zero-order valence-electron chi connectivity index (χ0n) is 11.2. The Labute approximate surface area is 121 Å². The number of nitrogens with zero attached hydrogens (tertiary/aromatic N) is 2. The van der Waals surface area contributed by atoms with Crippen molar-refractivity contribution in [1.82, 2.24) is 9.88 Å². The van der Waals surface area contributed by atoms with E-state index in [0.29, 0.717) is 0 Å². The van der Waals surface area contributed by atoms with Gasteiger partial charge in [-0.2, -0.15) is 13.2 Å². The minimum Gasteiger partial charge on any atom is -0.367 e. The number of nitrogens with one attached hydrogen (secondary N) is 1. The maximum absolute atomic E-state index is 12.7. The molecule has 1 N–H and O–H groups in total. The number of halogens is 4. The second-order valence-corrected chi connectivity index (χ2v) is 5.30. The van der Waals surface area contributed by atoms with Crippen LogP contribution in [0.1, 0.15) is 25.3 Å². The standard InChI is InChI=1S/C13H17ClF3N3/c1-2-20-5-3-10(4-6-20)18-12-8-9(13(15,16)17)7-11(14)19-12/h7-8,10H,2-6H2,1H3,(H,18,19). The summed E-state index contributed by atoms with van der Waals surface area (Å²) in [5.41, 5.74) is -0.772. The summed E-state index contributed by atoms with van der Waals surface area (Å²) in [7, 11) is 0. The molecule has 0 unspecified atom stereocenters. The lowest BCUT2D eigenvalue weighted by Gasteiger charge is -2.31. The van der Waals surface area contributed by atoms with Crippen LogP contribution in [0.2, 0.25) is 5.15 Å². The number of piperidine rings is 1. The molecule has 0 spiro atoms. The summed E-state index contributed by atoms with van der Waals surface area (Å²) >= 11 is 5.66. The number of alkyl halides is 3. The molecule has 0 aromatic carbocycles. The molecule has 0 saturated carbocycles. The van der Waals surface area contributed by atoms with Gasteiger partial charge in [-0.25, -0.2) is 4.98 Å². The van der Waals surface area contributed by atoms with Crippen molar-refractivity contribution in [1.29, 1.82) is 0 Å². The molecule has 20 heavy (non-hydrogen) atoms. The highest BCUT2D eigenvalue weighted by Gasteiger charge is 2.31. The summed E-state index contributed by atoms with van der Waals surface area (Å²) < 4.78 is 38.1. The third-order valence-corrected chi connectivity index (χ3v) is 3.70. The fraction of sp³-hybridized carbons (Fsp3) is 0.615. The smallest absolute Gasteiger partial charge is 0.367 e. The molecule has 0 atom stereocenters. The molecule has 2 heterocycles. The van der Waals surface area contributed by atoms with Gasteiger partial charge in [-0.3, -0.25) is 0 Å². The highest BCUT2D eigenvalue weighted by molar-refractivity contribution is 6.29. The third-order valence-electron chi connectivity index (χ3n) is 3.51. The van der Waals surface area contributed by atoms with Crippen molar-refractivity contribution in [2.45, 2.75) is 32.0 Å². The molecule has 112 valence electrons. The van der Waals surface area contributed by atoms with Crippen molar-refractivity contribution in [3.8, 4) is 0 Å². The molecular formula is C13H17ClF3N3. The molecule has 1 aliphatic heterocycles. The Hall–Kier alpha value is -1.01. The van der Waals surface area contributed by atoms with E-state index >= 15 is 0 Å². The van der Waals surface area contributed by atoms with Gasteiger partial charge in [0.15, 0.2) is 0 Å². The lowest BCUT2D eigenvalue weighted by Crippen LogP contribution is -2.39. The van der Waals surface area contributed by atoms with Crippen LogP contribution in [0.15, 0.2) is 12.1 Å². The van der Waals surface area contributed by atoms with Crippen LogP contribution in [0.4, 0.5) is 19.0 Å². The molecule has 3 nitrogen and oxygen atoms in total. The summed E-state index contributed by atoms with van der Waals surface area (Å²) in [6, 6.07) is 2.00. The largest absolute Gasteiger partial charge is 0.416 e. The normalized spacial score (nSPS) is 18.2. The van der Waals surface area contributed by atoms with E-state index in [4.69, 9.17) is 11.6 Å². The summed E-state index contributed by atoms with van der Waals surface area (Å²) in [4.78, 5) is 6.23. The highest BCUT2D eigenvalue weighted by Crippen LogP contribution is 2.32. The van der Waals surface area contributed by atoms with E-state index in [0.717, 1.165) is 44.6 Å². The van der Waals surface area contributed by atoms with Crippen molar-refractivity contribution in [3.63, 3.8) is 0 Å². The predicted molar refractivity (Wildman–Crippen MR) is 73.0 cm³/mol. The molecule has 7 heteroatoms. The molecule has 1 aromatic rings. The minimum absolute atomic E-state index is 0.143. The SMILES string of the molecule is CCN1CCC(Nc2cc(C(F)(F)F)cc(Cl)n2)CC1. The van der Waals surface area contributed by atoms with Crippen molar-refractivity contribution in [3.05, 3.63) is 22.8 Å². The number of anilines is 1. The van der Waals surface area contributed by atoms with E-state index in [2.05, 4.69) is 22.1 Å². The first-order chi connectivity index (χ1) is 9.38. The van der Waals surface area contributed by atoms with Crippen LogP contribution in [-0.4, -0.2) is 35.6 Å². The molecule has 1 aromatic heterocycles. The number of hydrogen-bond donors (Lipinski definition) is 1. The van der Waals surface area contributed by atoms with Gasteiger partial charge in [0.05, 0.1) is 5.56 Å². The van der Waals surface area contributed by atoms with Gasteiger partial charge in [0.1, 0.15) is 11.0 Å². The van der Waals surface area contributed by atoms with Crippen LogP contribution in [0.5, 0.6) is 0 Å². The van der Waals surface area contributed by atoms with Crippen LogP contribution >= 0.6 is 11.6 Å². The van der Waals surface area contributed by atoms with Crippen LogP contribution in [0.25, 0.3) is 0 Å². The average Bonchev–Trinajstić information content (AvgIpc) is 2.38. The summed E-state index contributed by atoms with van der Waals surface area (Å²) in [5, 5.41) is 2.91. The number of rotatable bonds is 3. The molecule has 1 aliphatic rings. The van der Waals surface area contributed by atoms with Crippen LogP contribution in [0.3, 0.4) is 0 Å². The lowest BCUT2D eigenvalue weighted by molar-refractivity contribution is -0.137. The Bertz CT molecular complexity index is 457. The first kappa shape index (κ1) is 15.4. The Morgan fingerprint density at radius 2 is 2.00 bits per heavy atom. The van der Waals surface area contributed by atoms with E-state index in [1.807, 2.05) is 0 Å². The number of likely N-dealkylation sites (tertiary alicyclic amines) is 1. The zero-order chi connectivity index (χ0) is 14.8. The fourth-order valence-corrected chi connectivity index (χ4v) is 2.55. The Balaban J connectivity index is 2.05. The van der Waals surface area contributed by atoms with Crippen molar-refractivity contribution >= 4 is 17.4 Å². The number of hydrogen-bond acceptors (Lipinski definition) is 3. The van der Waals surface area contributed by atoms with E-state index in [-0.39, 0.29) is 17.0 Å². The van der Waals surface area contributed by atoms with E-state index in [9.17, 15) is 13.2 Å². The molecule has 0 aliphatic carbocycles. The lowest BCUT2D eigenvalue weighted by atomic mass is 10.1. The Morgan fingerprint density at radius 3 is 2.55 bits per heavy atom. The topological polar surface area (TPSA) is 28.2 Å². The average molecular weight is 308 g/mol. The van der Waals surface area contributed by atoms with Gasteiger partial charge in [0, 0.05) is 19.1 Å². The zero-order valence-corrected chi connectivity index (χ0v) is 11.9. The first-order valence-corrected chi connectivity index (χ1v) is 7.00. The molecule has 1 fully saturated rings. The van der Waals surface area contributed by atoms with Gasteiger partial charge in [-0.05, 0) is 31.5 Å². The van der Waals surface area contributed by atoms with Crippen LogP contribution in [-0.2, 0) is 6.18 Å². The van der Waals surface area contributed by atoms with Gasteiger partial charge in [-0.1, -0.05) is 18.5 Å². The molecule has 2 rings (SSSR count). The fourth-order valence-electron chi connectivity index (χ4n) is 2.34. The number of pyridine rings is 1. The molecule has 0 amide bonds. The van der Waals surface area contributed by atoms with Gasteiger partial charge < -0.3 is 10.2 Å². The second-order valence-electron chi connectivity index (χ2n) is 4.91. The van der Waals surface area contributed by atoms with Gasteiger partial charge in [-0.15, -0.1) is 0 Å². The summed E-state index contributed by atoms with van der Waals surface area (Å²) in [6.45, 7) is 4.99. The van der Waals surface area contributed by atoms with Gasteiger partial charge >= 0.3 is 6.18 Å². The van der Waals surface area contributed by atoms with E-state index in [1.54, 1.807) is 0 Å². The van der Waals surface area contributed by atoms with Crippen molar-refractivity contribution < 1.29 is 13.2 Å². The molecule has 0 radical (unpaired) electrons. The number of aromatic nitrogens is 1. The van der Waals surface area contributed by atoms with E-state index in [1.165, 1.54) is 0 Å². The van der Waals surface area contributed by atoms with Crippen LogP contribution in [0, 0.1) is 0 Å². The summed E-state index contributed by atoms with van der Waals surface area (Å²) in [5.74, 6) is 0.194. The highest BCUT2D eigenvalue weighted by atomic mass is 35.5. The molecular weight excluding hydrogens is 291 g/mol. The molecule has 0 bridgehead atoms. The van der Waals surface area contributed by atoms with Crippen molar-refractivity contribution in [2.24, 2.45) is 0 Å². The monoisotopic (exact) mass is 307 g/mol. The maximum atomic E-state index is 12.7. The predicted octanol–water partition coefficient (Wildman–Crippen LogP) is 3.65. The second kappa shape index (κ2) is 6.18. The first-order valence-electron chi connectivity index (χ1n) is 6.62. The maximum Gasteiger partial charge on any atom is 0.416 e. The molecule has 1 saturated heterocycles. The summed E-state index contributed by atoms with van der Waals surface area (Å²) in [6.07, 6.45) is -2.62. The van der Waals surface area contributed by atoms with Gasteiger partial charge in [0.25, 0.3) is 0 Å². The Kier molecular flexibility index (Phi) is 4.75. The third kappa shape index (κ3) is 3.99. The quantitative estimate of drug-likeness (QED) is 0.864. The minimum atomic E-state index is -4.41. The van der Waals surface area contributed by atoms with E-state index < -0.39 is 11.7 Å². The van der Waals surface area contributed by atoms with Crippen molar-refractivity contribution in [2.75, 3.05) is 25.0 Å². The van der Waals surface area contributed by atoms with Crippen LogP contribution < -0.4 is 5.32 Å².